The summed E-state index contributed by atoms with van der Waals surface area (Å²) in [7, 11) is 0. The highest BCUT2D eigenvalue weighted by Gasteiger charge is 2.25. The highest BCUT2D eigenvalue weighted by molar-refractivity contribution is 5.95. The highest BCUT2D eigenvalue weighted by Crippen LogP contribution is 2.15. The molecule has 2 aromatic heterocycles. The highest BCUT2D eigenvalue weighted by atomic mass is 16.2. The van der Waals surface area contributed by atoms with Gasteiger partial charge in [-0.3, -0.25) is 9.48 Å². The van der Waals surface area contributed by atoms with Gasteiger partial charge >= 0.3 is 0 Å². The minimum absolute atomic E-state index is 0.0223. The van der Waals surface area contributed by atoms with Gasteiger partial charge in [0.15, 0.2) is 0 Å². The molecule has 0 saturated heterocycles. The van der Waals surface area contributed by atoms with Gasteiger partial charge in [-0.15, -0.1) is 0 Å². The van der Waals surface area contributed by atoms with Crippen molar-refractivity contribution >= 4 is 5.91 Å². The molecule has 0 N–H and O–H groups in total. The second kappa shape index (κ2) is 4.73. The van der Waals surface area contributed by atoms with Crippen LogP contribution >= 0.6 is 0 Å². The largest absolute Gasteiger partial charge is 0.329 e. The molecule has 106 valence electrons. The van der Waals surface area contributed by atoms with Crippen molar-refractivity contribution in [2.75, 3.05) is 6.54 Å². The number of carbonyl (C=O) groups excluding carboxylic acids is 1. The van der Waals surface area contributed by atoms with Crippen LogP contribution in [-0.4, -0.2) is 41.9 Å². The fourth-order valence-electron chi connectivity index (χ4n) is 2.49. The van der Waals surface area contributed by atoms with Crippen LogP contribution in [0.2, 0.25) is 0 Å². The molecule has 20 heavy (non-hydrogen) atoms. The summed E-state index contributed by atoms with van der Waals surface area (Å²) in [6.07, 6.45) is 1.82. The first-order valence-electron chi connectivity index (χ1n) is 6.82. The molecule has 0 radical (unpaired) electrons. The predicted molar refractivity (Wildman–Crippen MR) is 72.1 cm³/mol. The molecule has 3 heterocycles. The van der Waals surface area contributed by atoms with E-state index in [0.717, 1.165) is 23.9 Å². The first-order chi connectivity index (χ1) is 9.58. The van der Waals surface area contributed by atoms with E-state index in [-0.39, 0.29) is 5.91 Å². The topological polar surface area (TPSA) is 68.8 Å². The summed E-state index contributed by atoms with van der Waals surface area (Å²) in [5.74, 6) is 1.63. The van der Waals surface area contributed by atoms with Gasteiger partial charge in [-0.05, 0) is 20.8 Å². The Labute approximate surface area is 117 Å². The van der Waals surface area contributed by atoms with E-state index in [1.54, 1.807) is 4.68 Å². The standard InChI is InChI=1S/C13H18N6O/c1-4-18-7-11(9(2)15-18)13(20)17-5-6-19-12(8-17)14-10(3)16-19/h7H,4-6,8H2,1-3H3. The molecular formula is C13H18N6O. The Morgan fingerprint density at radius 1 is 1.30 bits per heavy atom. The molecule has 0 fully saturated rings. The maximum Gasteiger partial charge on any atom is 0.257 e. The van der Waals surface area contributed by atoms with Gasteiger partial charge in [-0.25, -0.2) is 9.67 Å². The van der Waals surface area contributed by atoms with Crippen molar-refractivity contribution in [3.8, 4) is 0 Å². The lowest BCUT2D eigenvalue weighted by atomic mass is 10.2. The fourth-order valence-corrected chi connectivity index (χ4v) is 2.49. The van der Waals surface area contributed by atoms with E-state index in [9.17, 15) is 4.79 Å². The van der Waals surface area contributed by atoms with E-state index >= 15 is 0 Å². The molecule has 1 amide bonds. The number of nitrogens with zero attached hydrogens (tertiary/aromatic N) is 6. The lowest BCUT2D eigenvalue weighted by Crippen LogP contribution is -2.38. The summed E-state index contributed by atoms with van der Waals surface area (Å²) >= 11 is 0. The number of amides is 1. The average Bonchev–Trinajstić information content (AvgIpc) is 2.98. The summed E-state index contributed by atoms with van der Waals surface area (Å²) in [5.41, 5.74) is 1.46. The lowest BCUT2D eigenvalue weighted by Gasteiger charge is -2.26. The number of aromatic nitrogens is 5. The molecule has 7 heteroatoms. The zero-order chi connectivity index (χ0) is 14.3. The van der Waals surface area contributed by atoms with E-state index in [1.807, 2.05) is 36.5 Å². The number of hydrogen-bond acceptors (Lipinski definition) is 4. The van der Waals surface area contributed by atoms with Crippen LogP contribution in [0, 0.1) is 13.8 Å². The Hall–Kier alpha value is -2.18. The predicted octanol–water partition coefficient (Wildman–Crippen LogP) is 0.767. The minimum atomic E-state index is 0.0223. The summed E-state index contributed by atoms with van der Waals surface area (Å²) in [5, 5.41) is 8.63. The third-order valence-corrected chi connectivity index (χ3v) is 3.56. The molecule has 0 aromatic carbocycles. The van der Waals surface area contributed by atoms with Crippen molar-refractivity contribution in [2.24, 2.45) is 0 Å². The van der Waals surface area contributed by atoms with Crippen LogP contribution in [-0.2, 0) is 19.6 Å². The van der Waals surface area contributed by atoms with Gasteiger partial charge < -0.3 is 4.90 Å². The first-order valence-corrected chi connectivity index (χ1v) is 6.82. The third-order valence-electron chi connectivity index (χ3n) is 3.56. The molecule has 0 aliphatic carbocycles. The van der Waals surface area contributed by atoms with Gasteiger partial charge in [-0.1, -0.05) is 0 Å². The monoisotopic (exact) mass is 274 g/mol. The Morgan fingerprint density at radius 3 is 2.80 bits per heavy atom. The number of rotatable bonds is 2. The molecule has 0 spiro atoms. The molecule has 3 rings (SSSR count). The Bertz CT molecular complexity index is 656. The van der Waals surface area contributed by atoms with Gasteiger partial charge in [0.2, 0.25) is 0 Å². The second-order valence-corrected chi connectivity index (χ2v) is 5.01. The fraction of sp³-hybridized carbons (Fsp3) is 0.538. The third kappa shape index (κ3) is 2.09. The molecular weight excluding hydrogens is 256 g/mol. The van der Waals surface area contributed by atoms with Gasteiger partial charge in [0, 0.05) is 19.3 Å². The van der Waals surface area contributed by atoms with Gasteiger partial charge in [0.1, 0.15) is 11.6 Å². The van der Waals surface area contributed by atoms with Crippen molar-refractivity contribution < 1.29 is 4.79 Å². The van der Waals surface area contributed by atoms with E-state index in [1.165, 1.54) is 0 Å². The smallest absolute Gasteiger partial charge is 0.257 e. The van der Waals surface area contributed by atoms with Crippen LogP contribution in [0.3, 0.4) is 0 Å². The van der Waals surface area contributed by atoms with Crippen molar-refractivity contribution in [2.45, 2.75) is 40.4 Å². The van der Waals surface area contributed by atoms with Crippen LogP contribution in [0.15, 0.2) is 6.20 Å². The van der Waals surface area contributed by atoms with Crippen molar-refractivity contribution in [1.82, 2.24) is 29.4 Å². The molecule has 1 aliphatic rings. The molecule has 2 aromatic rings. The lowest BCUT2D eigenvalue weighted by molar-refractivity contribution is 0.0701. The Morgan fingerprint density at radius 2 is 2.10 bits per heavy atom. The van der Waals surface area contributed by atoms with Crippen LogP contribution < -0.4 is 0 Å². The molecule has 1 aliphatic heterocycles. The quantitative estimate of drug-likeness (QED) is 0.811. The Balaban J connectivity index is 1.83. The molecule has 0 saturated carbocycles. The molecule has 0 bridgehead atoms. The van der Waals surface area contributed by atoms with Crippen molar-refractivity contribution in [3.63, 3.8) is 0 Å². The first kappa shape index (κ1) is 12.8. The number of carbonyl (C=O) groups is 1. The summed E-state index contributed by atoms with van der Waals surface area (Å²) in [6, 6.07) is 0. The molecule has 0 atom stereocenters. The molecule has 7 nitrogen and oxygen atoms in total. The zero-order valence-electron chi connectivity index (χ0n) is 12.0. The summed E-state index contributed by atoms with van der Waals surface area (Å²) < 4.78 is 3.67. The Kier molecular flexibility index (Phi) is 3.04. The minimum Gasteiger partial charge on any atom is -0.329 e. The zero-order valence-corrected chi connectivity index (χ0v) is 12.0. The number of hydrogen-bond donors (Lipinski definition) is 0. The molecule has 0 unspecified atom stereocenters. The van der Waals surface area contributed by atoms with Gasteiger partial charge in [-0.2, -0.15) is 10.2 Å². The van der Waals surface area contributed by atoms with E-state index in [2.05, 4.69) is 15.2 Å². The van der Waals surface area contributed by atoms with Crippen LogP contribution in [0.5, 0.6) is 0 Å². The van der Waals surface area contributed by atoms with E-state index < -0.39 is 0 Å². The van der Waals surface area contributed by atoms with E-state index in [4.69, 9.17) is 0 Å². The normalized spacial score (nSPS) is 14.4. The maximum absolute atomic E-state index is 12.6. The average molecular weight is 274 g/mol. The van der Waals surface area contributed by atoms with Crippen LogP contribution in [0.1, 0.15) is 34.6 Å². The number of aryl methyl sites for hydroxylation is 3. The van der Waals surface area contributed by atoms with Crippen molar-refractivity contribution in [3.05, 3.63) is 29.1 Å². The van der Waals surface area contributed by atoms with Crippen LogP contribution in [0.25, 0.3) is 0 Å². The van der Waals surface area contributed by atoms with Gasteiger partial charge in [0.25, 0.3) is 5.91 Å². The summed E-state index contributed by atoms with van der Waals surface area (Å²) in [4.78, 5) is 18.8. The van der Waals surface area contributed by atoms with Crippen molar-refractivity contribution in [1.29, 1.82) is 0 Å². The maximum atomic E-state index is 12.6. The summed E-state index contributed by atoms with van der Waals surface area (Å²) in [6.45, 7) is 8.38. The van der Waals surface area contributed by atoms with Crippen LogP contribution in [0.4, 0.5) is 0 Å². The van der Waals surface area contributed by atoms with Gasteiger partial charge in [0.05, 0.1) is 24.3 Å². The number of fused-ring (bicyclic) bond motifs is 1. The second-order valence-electron chi connectivity index (χ2n) is 5.01. The SMILES string of the molecule is CCn1cc(C(=O)N2CCn3nc(C)nc3C2)c(C)n1. The van der Waals surface area contributed by atoms with E-state index in [0.29, 0.717) is 25.2 Å².